The number of nitrogens with zero attached hydrogens (tertiary/aromatic N) is 1. The second kappa shape index (κ2) is 5.65. The molecule has 1 N–H and O–H groups in total. The molecule has 0 aromatic carbocycles. The van der Waals surface area contributed by atoms with Crippen LogP contribution in [0.1, 0.15) is 46.5 Å². The number of hydrogen-bond acceptors (Lipinski definition) is 2. The normalized spacial score (nSPS) is 29.1. The largest absolute Gasteiger partial charge is 0.403 e. The van der Waals surface area contributed by atoms with Crippen molar-refractivity contribution in [1.82, 2.24) is 10.2 Å². The number of carbonyl (C=O) groups is 1. The van der Waals surface area contributed by atoms with E-state index < -0.39 is 29.7 Å². The molecule has 1 heterocycles. The lowest BCUT2D eigenvalue weighted by Crippen LogP contribution is -2.51. The zero-order valence-electron chi connectivity index (χ0n) is 13.3. The van der Waals surface area contributed by atoms with Crippen molar-refractivity contribution in [2.75, 3.05) is 13.1 Å². The van der Waals surface area contributed by atoms with E-state index in [0.29, 0.717) is 12.8 Å². The van der Waals surface area contributed by atoms with E-state index in [4.69, 9.17) is 0 Å². The van der Waals surface area contributed by atoms with Gasteiger partial charge in [0, 0.05) is 12.1 Å². The van der Waals surface area contributed by atoms with E-state index >= 15 is 0 Å². The molecule has 0 spiro atoms. The highest BCUT2D eigenvalue weighted by atomic mass is 19.4. The van der Waals surface area contributed by atoms with Crippen molar-refractivity contribution >= 4 is 5.91 Å². The molecule has 7 heteroatoms. The average Bonchev–Trinajstić information content (AvgIpc) is 2.94. The van der Waals surface area contributed by atoms with Gasteiger partial charge >= 0.3 is 6.18 Å². The van der Waals surface area contributed by atoms with Gasteiger partial charge in [-0.05, 0) is 33.6 Å². The Labute approximate surface area is 128 Å². The summed E-state index contributed by atoms with van der Waals surface area (Å²) in [7, 11) is 0. The van der Waals surface area contributed by atoms with Gasteiger partial charge in [-0.25, -0.2) is 4.39 Å². The monoisotopic (exact) mass is 324 g/mol. The van der Waals surface area contributed by atoms with E-state index in [0.717, 1.165) is 4.90 Å². The third kappa shape index (κ3) is 3.24. The Morgan fingerprint density at radius 3 is 2.14 bits per heavy atom. The fraction of sp³-hybridized carbons (Fsp3) is 0.933. The molecule has 1 aliphatic heterocycles. The van der Waals surface area contributed by atoms with Crippen LogP contribution in [0.5, 0.6) is 0 Å². The summed E-state index contributed by atoms with van der Waals surface area (Å²) >= 11 is 0. The van der Waals surface area contributed by atoms with Gasteiger partial charge in [-0.3, -0.25) is 4.79 Å². The molecule has 1 saturated heterocycles. The second-order valence-corrected chi connectivity index (χ2v) is 7.51. The predicted octanol–water partition coefficient (Wildman–Crippen LogP) is 3.05. The second-order valence-electron chi connectivity index (χ2n) is 7.51. The van der Waals surface area contributed by atoms with Gasteiger partial charge in [-0.2, -0.15) is 13.2 Å². The number of carbonyl (C=O) groups excluding carboxylic acids is 1. The van der Waals surface area contributed by atoms with Crippen LogP contribution in [0.25, 0.3) is 0 Å². The minimum absolute atomic E-state index is 0.00486. The third-order valence-corrected chi connectivity index (χ3v) is 4.56. The molecule has 2 rings (SSSR count). The Balaban J connectivity index is 2.13. The zero-order valence-corrected chi connectivity index (χ0v) is 13.3. The highest BCUT2D eigenvalue weighted by molar-refractivity contribution is 5.84. The SMILES string of the molecule is CC(C)(C)N[C@@H]1CN(C(=O)C2(C(F)(F)F)CCCC2)C[C@@H]1F. The third-order valence-electron chi connectivity index (χ3n) is 4.56. The summed E-state index contributed by atoms with van der Waals surface area (Å²) in [6, 6.07) is -0.615. The van der Waals surface area contributed by atoms with Crippen LogP contribution in [-0.2, 0) is 4.79 Å². The average molecular weight is 324 g/mol. The van der Waals surface area contributed by atoms with E-state index in [-0.39, 0.29) is 31.5 Å². The van der Waals surface area contributed by atoms with E-state index in [1.165, 1.54) is 0 Å². The molecule has 0 radical (unpaired) electrons. The summed E-state index contributed by atoms with van der Waals surface area (Å²) < 4.78 is 54.4. The summed E-state index contributed by atoms with van der Waals surface area (Å²) in [4.78, 5) is 13.5. The quantitative estimate of drug-likeness (QED) is 0.792. The molecular formula is C15H24F4N2O. The number of nitrogens with one attached hydrogen (secondary N) is 1. The van der Waals surface area contributed by atoms with Crippen LogP contribution in [0.4, 0.5) is 17.6 Å². The first kappa shape index (κ1) is 17.5. The molecular weight excluding hydrogens is 300 g/mol. The number of hydrogen-bond donors (Lipinski definition) is 1. The van der Waals surface area contributed by atoms with Gasteiger partial charge < -0.3 is 10.2 Å². The maximum atomic E-state index is 14.1. The van der Waals surface area contributed by atoms with Crippen molar-refractivity contribution in [3.05, 3.63) is 0 Å². The molecule has 22 heavy (non-hydrogen) atoms. The molecule has 128 valence electrons. The van der Waals surface area contributed by atoms with Crippen LogP contribution in [0, 0.1) is 5.41 Å². The van der Waals surface area contributed by atoms with Crippen molar-refractivity contribution in [3.8, 4) is 0 Å². The summed E-state index contributed by atoms with van der Waals surface area (Å²) in [5, 5.41) is 3.04. The van der Waals surface area contributed by atoms with Crippen LogP contribution in [0.3, 0.4) is 0 Å². The number of halogens is 4. The van der Waals surface area contributed by atoms with E-state index in [9.17, 15) is 22.4 Å². The minimum Gasteiger partial charge on any atom is -0.337 e. The minimum atomic E-state index is -4.57. The first-order chi connectivity index (χ1) is 9.96. The molecule has 0 aromatic rings. The van der Waals surface area contributed by atoms with Gasteiger partial charge in [-0.1, -0.05) is 12.8 Å². The highest BCUT2D eigenvalue weighted by Crippen LogP contribution is 2.51. The van der Waals surface area contributed by atoms with Crippen molar-refractivity contribution < 1.29 is 22.4 Å². The van der Waals surface area contributed by atoms with Gasteiger partial charge in [0.1, 0.15) is 11.6 Å². The lowest BCUT2D eigenvalue weighted by Gasteiger charge is -2.34. The summed E-state index contributed by atoms with van der Waals surface area (Å²) in [5.41, 5.74) is -2.66. The smallest absolute Gasteiger partial charge is 0.337 e. The van der Waals surface area contributed by atoms with E-state index in [1.807, 2.05) is 20.8 Å². The number of alkyl halides is 4. The lowest BCUT2D eigenvalue weighted by atomic mass is 9.83. The maximum Gasteiger partial charge on any atom is 0.403 e. The maximum absolute atomic E-state index is 14.1. The molecule has 3 nitrogen and oxygen atoms in total. The molecule has 2 atom stereocenters. The fourth-order valence-electron chi connectivity index (χ4n) is 3.52. The van der Waals surface area contributed by atoms with Crippen LogP contribution in [0.2, 0.25) is 0 Å². The van der Waals surface area contributed by atoms with Gasteiger partial charge in [0.2, 0.25) is 5.91 Å². The van der Waals surface area contributed by atoms with Crippen molar-refractivity contribution in [3.63, 3.8) is 0 Å². The Hall–Kier alpha value is -0.850. The van der Waals surface area contributed by atoms with Crippen LogP contribution < -0.4 is 5.32 Å². The molecule has 1 saturated carbocycles. The summed E-state index contributed by atoms with van der Waals surface area (Å²) in [6.45, 7) is 5.31. The molecule has 0 aromatic heterocycles. The van der Waals surface area contributed by atoms with E-state index in [1.54, 1.807) is 0 Å². The summed E-state index contributed by atoms with van der Waals surface area (Å²) in [6.07, 6.45) is -5.49. The topological polar surface area (TPSA) is 32.3 Å². The Morgan fingerprint density at radius 2 is 1.68 bits per heavy atom. The Bertz CT molecular complexity index is 424. The lowest BCUT2D eigenvalue weighted by molar-refractivity contribution is -0.225. The highest BCUT2D eigenvalue weighted by Gasteiger charge is 2.62. The van der Waals surface area contributed by atoms with Gasteiger partial charge in [0.15, 0.2) is 0 Å². The summed E-state index contributed by atoms with van der Waals surface area (Å²) in [5.74, 6) is -0.946. The molecule has 0 unspecified atom stereocenters. The van der Waals surface area contributed by atoms with Crippen molar-refractivity contribution in [2.24, 2.45) is 5.41 Å². The van der Waals surface area contributed by atoms with Gasteiger partial charge in [0.05, 0.1) is 12.6 Å². The zero-order chi connectivity index (χ0) is 16.8. The predicted molar refractivity (Wildman–Crippen MR) is 75.1 cm³/mol. The molecule has 1 aliphatic carbocycles. The van der Waals surface area contributed by atoms with Crippen LogP contribution >= 0.6 is 0 Å². The van der Waals surface area contributed by atoms with Gasteiger partial charge in [-0.15, -0.1) is 0 Å². The Kier molecular flexibility index (Phi) is 4.50. The molecule has 1 amide bonds. The van der Waals surface area contributed by atoms with Crippen LogP contribution in [0.15, 0.2) is 0 Å². The number of likely N-dealkylation sites (tertiary alicyclic amines) is 1. The van der Waals surface area contributed by atoms with E-state index in [2.05, 4.69) is 5.32 Å². The van der Waals surface area contributed by atoms with Crippen molar-refractivity contribution in [1.29, 1.82) is 0 Å². The standard InChI is InChI=1S/C15H24F4N2O/c1-13(2,3)20-11-9-21(8-10(11)16)12(22)14(15(17,18)19)6-4-5-7-14/h10-11,20H,4-9H2,1-3H3/t10-,11+/m0/s1. The Morgan fingerprint density at radius 1 is 1.14 bits per heavy atom. The molecule has 2 fully saturated rings. The van der Waals surface area contributed by atoms with Crippen molar-refractivity contribution in [2.45, 2.75) is 70.4 Å². The first-order valence-electron chi connectivity index (χ1n) is 7.74. The fourth-order valence-corrected chi connectivity index (χ4v) is 3.52. The number of rotatable bonds is 2. The van der Waals surface area contributed by atoms with Gasteiger partial charge in [0.25, 0.3) is 0 Å². The first-order valence-corrected chi connectivity index (χ1v) is 7.74. The number of amides is 1. The molecule has 2 aliphatic rings. The van der Waals surface area contributed by atoms with Crippen LogP contribution in [-0.4, -0.2) is 47.8 Å². The molecule has 0 bridgehead atoms.